The van der Waals surface area contributed by atoms with Crippen molar-refractivity contribution in [1.29, 1.82) is 0 Å². The van der Waals surface area contributed by atoms with Crippen LogP contribution in [0.5, 0.6) is 0 Å². The summed E-state index contributed by atoms with van der Waals surface area (Å²) in [5.41, 5.74) is 0. The van der Waals surface area contributed by atoms with Gasteiger partial charge in [0.1, 0.15) is 0 Å². The molecule has 4 heteroatoms. The predicted octanol–water partition coefficient (Wildman–Crippen LogP) is 1.21. The molecule has 1 saturated heterocycles. The smallest absolute Gasteiger partial charge is 0.225 e. The lowest BCUT2D eigenvalue weighted by Gasteiger charge is -2.24. The van der Waals surface area contributed by atoms with E-state index in [0.29, 0.717) is 25.4 Å². The SMILES string of the molecule is CCC(CC1CC1)NC(=O)C1CCC(=O)NC1. The van der Waals surface area contributed by atoms with Gasteiger partial charge < -0.3 is 10.6 Å². The van der Waals surface area contributed by atoms with Crippen molar-refractivity contribution in [3.8, 4) is 0 Å². The van der Waals surface area contributed by atoms with Gasteiger partial charge in [-0.3, -0.25) is 9.59 Å². The molecule has 17 heavy (non-hydrogen) atoms. The van der Waals surface area contributed by atoms with Gasteiger partial charge in [0.2, 0.25) is 11.8 Å². The largest absolute Gasteiger partial charge is 0.355 e. The van der Waals surface area contributed by atoms with Crippen LogP contribution in [0.2, 0.25) is 0 Å². The van der Waals surface area contributed by atoms with E-state index in [1.165, 1.54) is 12.8 Å². The Morgan fingerprint density at radius 2 is 2.24 bits per heavy atom. The fourth-order valence-electron chi connectivity index (χ4n) is 2.36. The first-order valence-corrected chi connectivity index (χ1v) is 6.76. The molecule has 2 aliphatic rings. The van der Waals surface area contributed by atoms with Crippen LogP contribution in [-0.2, 0) is 9.59 Å². The molecule has 2 rings (SSSR count). The molecule has 1 aliphatic carbocycles. The predicted molar refractivity (Wildman–Crippen MR) is 65.3 cm³/mol. The number of nitrogens with one attached hydrogen (secondary N) is 2. The number of piperidine rings is 1. The molecule has 0 aromatic carbocycles. The van der Waals surface area contributed by atoms with Crippen LogP contribution >= 0.6 is 0 Å². The molecule has 2 atom stereocenters. The molecule has 1 saturated carbocycles. The maximum atomic E-state index is 12.0. The van der Waals surface area contributed by atoms with E-state index in [9.17, 15) is 9.59 Å². The summed E-state index contributed by atoms with van der Waals surface area (Å²) in [4.78, 5) is 23.0. The highest BCUT2D eigenvalue weighted by atomic mass is 16.2. The van der Waals surface area contributed by atoms with Crippen molar-refractivity contribution in [3.05, 3.63) is 0 Å². The minimum absolute atomic E-state index is 0.0269. The lowest BCUT2D eigenvalue weighted by Crippen LogP contribution is -2.46. The van der Waals surface area contributed by atoms with Crippen LogP contribution < -0.4 is 10.6 Å². The molecule has 1 heterocycles. The standard InChI is InChI=1S/C13H22N2O2/c1-2-11(7-9-3-4-9)15-13(17)10-5-6-12(16)14-8-10/h9-11H,2-8H2,1H3,(H,14,16)(H,15,17). The number of hydrogen-bond acceptors (Lipinski definition) is 2. The average molecular weight is 238 g/mol. The highest BCUT2D eigenvalue weighted by Gasteiger charge is 2.28. The molecule has 0 bridgehead atoms. The molecule has 0 radical (unpaired) electrons. The zero-order valence-electron chi connectivity index (χ0n) is 10.5. The zero-order valence-corrected chi connectivity index (χ0v) is 10.5. The van der Waals surface area contributed by atoms with Gasteiger partial charge in [-0.1, -0.05) is 19.8 Å². The third-order valence-electron chi connectivity index (χ3n) is 3.79. The van der Waals surface area contributed by atoms with E-state index in [1.54, 1.807) is 0 Å². The first-order valence-electron chi connectivity index (χ1n) is 6.76. The summed E-state index contributed by atoms with van der Waals surface area (Å²) in [6.45, 7) is 2.63. The Bertz CT molecular complexity index is 290. The monoisotopic (exact) mass is 238 g/mol. The maximum Gasteiger partial charge on any atom is 0.225 e. The van der Waals surface area contributed by atoms with Crippen LogP contribution in [-0.4, -0.2) is 24.4 Å². The summed E-state index contributed by atoms with van der Waals surface area (Å²) in [6, 6.07) is 0.327. The molecule has 2 fully saturated rings. The fraction of sp³-hybridized carbons (Fsp3) is 0.846. The number of amides is 2. The average Bonchev–Trinajstić information content (AvgIpc) is 3.13. The van der Waals surface area contributed by atoms with Gasteiger partial charge in [-0.05, 0) is 25.2 Å². The molecular formula is C13H22N2O2. The van der Waals surface area contributed by atoms with E-state index in [4.69, 9.17) is 0 Å². The normalized spacial score (nSPS) is 26.2. The van der Waals surface area contributed by atoms with E-state index in [1.807, 2.05) is 0 Å². The highest BCUT2D eigenvalue weighted by Crippen LogP contribution is 2.34. The lowest BCUT2D eigenvalue weighted by atomic mass is 9.97. The van der Waals surface area contributed by atoms with E-state index in [2.05, 4.69) is 17.6 Å². The van der Waals surface area contributed by atoms with Gasteiger partial charge in [0, 0.05) is 19.0 Å². The van der Waals surface area contributed by atoms with Crippen molar-refractivity contribution in [2.45, 2.75) is 51.5 Å². The van der Waals surface area contributed by atoms with E-state index in [-0.39, 0.29) is 17.7 Å². The Morgan fingerprint density at radius 1 is 1.47 bits per heavy atom. The Balaban J connectivity index is 1.76. The van der Waals surface area contributed by atoms with Crippen molar-refractivity contribution in [2.24, 2.45) is 11.8 Å². The highest BCUT2D eigenvalue weighted by molar-refractivity contribution is 5.83. The van der Waals surface area contributed by atoms with Crippen LogP contribution in [0.25, 0.3) is 0 Å². The number of hydrogen-bond donors (Lipinski definition) is 2. The molecule has 1 aliphatic heterocycles. The Kier molecular flexibility index (Phi) is 4.02. The van der Waals surface area contributed by atoms with Crippen molar-refractivity contribution in [3.63, 3.8) is 0 Å². The van der Waals surface area contributed by atoms with Gasteiger partial charge in [0.25, 0.3) is 0 Å². The van der Waals surface area contributed by atoms with Crippen LogP contribution in [0.3, 0.4) is 0 Å². The lowest BCUT2D eigenvalue weighted by molar-refractivity contribution is -0.129. The Labute approximate surface area is 103 Å². The third kappa shape index (κ3) is 3.72. The van der Waals surface area contributed by atoms with E-state index < -0.39 is 0 Å². The van der Waals surface area contributed by atoms with Crippen molar-refractivity contribution in [1.82, 2.24) is 10.6 Å². The second-order valence-corrected chi connectivity index (χ2v) is 5.33. The van der Waals surface area contributed by atoms with Crippen LogP contribution in [0.15, 0.2) is 0 Å². The summed E-state index contributed by atoms with van der Waals surface area (Å²) in [5, 5.41) is 5.89. The summed E-state index contributed by atoms with van der Waals surface area (Å²) in [6.07, 6.45) is 5.95. The first-order chi connectivity index (χ1) is 8.19. The first kappa shape index (κ1) is 12.4. The Hall–Kier alpha value is -1.06. The number of carbonyl (C=O) groups is 2. The summed E-state index contributed by atoms with van der Waals surface area (Å²) >= 11 is 0. The van der Waals surface area contributed by atoms with Gasteiger partial charge in [-0.2, -0.15) is 0 Å². The van der Waals surface area contributed by atoms with Gasteiger partial charge in [-0.25, -0.2) is 0 Å². The van der Waals surface area contributed by atoms with Gasteiger partial charge >= 0.3 is 0 Å². The topological polar surface area (TPSA) is 58.2 Å². The third-order valence-corrected chi connectivity index (χ3v) is 3.79. The molecule has 4 nitrogen and oxygen atoms in total. The minimum atomic E-state index is -0.0269. The summed E-state index contributed by atoms with van der Waals surface area (Å²) in [7, 11) is 0. The second-order valence-electron chi connectivity index (χ2n) is 5.33. The molecule has 0 aromatic heterocycles. The van der Waals surface area contributed by atoms with Crippen LogP contribution in [0, 0.1) is 11.8 Å². The molecule has 2 amide bonds. The molecular weight excluding hydrogens is 216 g/mol. The minimum Gasteiger partial charge on any atom is -0.355 e. The quantitative estimate of drug-likeness (QED) is 0.756. The fourth-order valence-corrected chi connectivity index (χ4v) is 2.36. The van der Waals surface area contributed by atoms with E-state index in [0.717, 1.165) is 18.8 Å². The number of carbonyl (C=O) groups excluding carboxylic acids is 2. The van der Waals surface area contributed by atoms with Gasteiger partial charge in [0.15, 0.2) is 0 Å². The number of rotatable bonds is 5. The molecule has 0 spiro atoms. The van der Waals surface area contributed by atoms with Crippen molar-refractivity contribution in [2.75, 3.05) is 6.54 Å². The van der Waals surface area contributed by atoms with Crippen LogP contribution in [0.4, 0.5) is 0 Å². The maximum absolute atomic E-state index is 12.0. The summed E-state index contributed by atoms with van der Waals surface area (Å²) in [5.74, 6) is 1.00. The molecule has 2 N–H and O–H groups in total. The van der Waals surface area contributed by atoms with E-state index >= 15 is 0 Å². The zero-order chi connectivity index (χ0) is 12.3. The summed E-state index contributed by atoms with van der Waals surface area (Å²) < 4.78 is 0. The Morgan fingerprint density at radius 3 is 2.76 bits per heavy atom. The molecule has 96 valence electrons. The van der Waals surface area contributed by atoms with Gasteiger partial charge in [0.05, 0.1) is 5.92 Å². The molecule has 0 aromatic rings. The molecule has 2 unspecified atom stereocenters. The van der Waals surface area contributed by atoms with Crippen LogP contribution in [0.1, 0.15) is 45.4 Å². The van der Waals surface area contributed by atoms with Gasteiger partial charge in [-0.15, -0.1) is 0 Å². The van der Waals surface area contributed by atoms with Crippen molar-refractivity contribution >= 4 is 11.8 Å². The second kappa shape index (κ2) is 5.52. The van der Waals surface area contributed by atoms with Crippen molar-refractivity contribution < 1.29 is 9.59 Å².